The van der Waals surface area contributed by atoms with Crippen molar-refractivity contribution in [2.24, 2.45) is 5.73 Å². The number of hydrogen-bond donors (Lipinski definition) is 1. The van der Waals surface area contributed by atoms with E-state index in [2.05, 4.69) is 11.9 Å². The van der Waals surface area contributed by atoms with Gasteiger partial charge in [0.25, 0.3) is 0 Å². The average molecular weight is 295 g/mol. The standard InChI is InChI=1S/C17H27ClN2/c1-20(14-8-4-2-3-5-9-14)13-12-17(19)15-10-6-7-11-16(15)18/h6-7,10-11,14,17H,2-5,8-9,12-13,19H2,1H3. The third kappa shape index (κ3) is 4.47. The maximum Gasteiger partial charge on any atom is 0.0453 e. The first-order valence-electron chi connectivity index (χ1n) is 7.88. The summed E-state index contributed by atoms with van der Waals surface area (Å²) in [4.78, 5) is 2.50. The van der Waals surface area contributed by atoms with Crippen LogP contribution in [0.4, 0.5) is 0 Å². The summed E-state index contributed by atoms with van der Waals surface area (Å²) in [5.41, 5.74) is 7.37. The first-order valence-corrected chi connectivity index (χ1v) is 8.26. The van der Waals surface area contributed by atoms with Crippen LogP contribution in [0.1, 0.15) is 56.6 Å². The van der Waals surface area contributed by atoms with Gasteiger partial charge in [-0.05, 0) is 44.5 Å². The molecule has 1 fully saturated rings. The topological polar surface area (TPSA) is 29.3 Å². The van der Waals surface area contributed by atoms with Gasteiger partial charge in [-0.15, -0.1) is 0 Å². The van der Waals surface area contributed by atoms with E-state index in [1.165, 1.54) is 38.5 Å². The third-order valence-corrected chi connectivity index (χ3v) is 4.89. The molecule has 0 aromatic heterocycles. The number of hydrogen-bond acceptors (Lipinski definition) is 2. The maximum atomic E-state index is 6.29. The van der Waals surface area contributed by atoms with E-state index in [9.17, 15) is 0 Å². The Bertz CT molecular complexity index is 400. The molecular weight excluding hydrogens is 268 g/mol. The molecule has 2 rings (SSSR count). The Morgan fingerprint density at radius 3 is 2.50 bits per heavy atom. The predicted octanol–water partition coefficient (Wildman–Crippen LogP) is 4.38. The molecule has 0 amide bonds. The number of benzene rings is 1. The van der Waals surface area contributed by atoms with Gasteiger partial charge in [-0.25, -0.2) is 0 Å². The van der Waals surface area contributed by atoms with E-state index in [1.54, 1.807) is 0 Å². The minimum atomic E-state index is 0.0388. The highest BCUT2D eigenvalue weighted by Gasteiger charge is 2.18. The van der Waals surface area contributed by atoms with Gasteiger partial charge in [0.2, 0.25) is 0 Å². The first kappa shape index (κ1) is 15.8. The van der Waals surface area contributed by atoms with Crippen LogP contribution < -0.4 is 5.73 Å². The maximum absolute atomic E-state index is 6.29. The SMILES string of the molecule is CN(CCC(N)c1ccccc1Cl)C1CCCCCC1. The smallest absolute Gasteiger partial charge is 0.0453 e. The number of nitrogens with two attached hydrogens (primary N) is 1. The summed E-state index contributed by atoms with van der Waals surface area (Å²) in [5, 5.41) is 0.789. The Labute approximate surface area is 128 Å². The zero-order valence-corrected chi connectivity index (χ0v) is 13.3. The van der Waals surface area contributed by atoms with Gasteiger partial charge >= 0.3 is 0 Å². The minimum absolute atomic E-state index is 0.0388. The lowest BCUT2D eigenvalue weighted by atomic mass is 10.0. The largest absolute Gasteiger partial charge is 0.324 e. The van der Waals surface area contributed by atoms with Crippen LogP contribution in [0.3, 0.4) is 0 Å². The second kappa shape index (κ2) is 8.02. The molecule has 0 spiro atoms. The van der Waals surface area contributed by atoms with Crippen LogP contribution in [0.5, 0.6) is 0 Å². The predicted molar refractivity (Wildman–Crippen MR) is 87.1 cm³/mol. The Balaban J connectivity index is 1.83. The third-order valence-electron chi connectivity index (χ3n) is 4.55. The lowest BCUT2D eigenvalue weighted by Gasteiger charge is -2.28. The van der Waals surface area contributed by atoms with Crippen molar-refractivity contribution in [2.45, 2.75) is 57.0 Å². The van der Waals surface area contributed by atoms with E-state index < -0.39 is 0 Å². The van der Waals surface area contributed by atoms with Gasteiger partial charge in [0.05, 0.1) is 0 Å². The highest BCUT2D eigenvalue weighted by Crippen LogP contribution is 2.25. The molecule has 1 unspecified atom stereocenters. The summed E-state index contributed by atoms with van der Waals surface area (Å²) in [6.45, 7) is 1.05. The molecule has 1 aliphatic rings. The van der Waals surface area contributed by atoms with Crippen molar-refractivity contribution in [3.8, 4) is 0 Å². The van der Waals surface area contributed by atoms with Gasteiger partial charge in [-0.2, -0.15) is 0 Å². The second-order valence-electron chi connectivity index (χ2n) is 6.04. The average Bonchev–Trinajstić information content (AvgIpc) is 2.74. The molecule has 1 aromatic carbocycles. The fourth-order valence-electron chi connectivity index (χ4n) is 3.16. The van der Waals surface area contributed by atoms with Crippen molar-refractivity contribution < 1.29 is 0 Å². The molecule has 0 radical (unpaired) electrons. The van der Waals surface area contributed by atoms with Crippen LogP contribution in [-0.2, 0) is 0 Å². The lowest BCUT2D eigenvalue weighted by Crippen LogP contribution is -2.33. The minimum Gasteiger partial charge on any atom is -0.324 e. The van der Waals surface area contributed by atoms with E-state index in [-0.39, 0.29) is 6.04 Å². The summed E-state index contributed by atoms with van der Waals surface area (Å²) in [6, 6.07) is 8.71. The Kier molecular flexibility index (Phi) is 6.34. The lowest BCUT2D eigenvalue weighted by molar-refractivity contribution is 0.214. The van der Waals surface area contributed by atoms with E-state index in [0.29, 0.717) is 0 Å². The molecule has 1 saturated carbocycles. The van der Waals surface area contributed by atoms with Crippen LogP contribution in [0.25, 0.3) is 0 Å². The zero-order chi connectivity index (χ0) is 14.4. The van der Waals surface area contributed by atoms with Crippen molar-refractivity contribution in [1.82, 2.24) is 4.90 Å². The van der Waals surface area contributed by atoms with E-state index in [1.807, 2.05) is 24.3 Å². The number of halogens is 1. The molecule has 1 aliphatic carbocycles. The summed E-state index contributed by atoms with van der Waals surface area (Å²) < 4.78 is 0. The van der Waals surface area contributed by atoms with Crippen molar-refractivity contribution in [3.05, 3.63) is 34.9 Å². The Morgan fingerprint density at radius 1 is 1.20 bits per heavy atom. The van der Waals surface area contributed by atoms with E-state index >= 15 is 0 Å². The number of nitrogens with zero attached hydrogens (tertiary/aromatic N) is 1. The van der Waals surface area contributed by atoms with Crippen molar-refractivity contribution in [1.29, 1.82) is 0 Å². The fourth-order valence-corrected chi connectivity index (χ4v) is 3.43. The normalized spacial score (nSPS) is 19.0. The molecule has 2 nitrogen and oxygen atoms in total. The highest BCUT2D eigenvalue weighted by atomic mass is 35.5. The van der Waals surface area contributed by atoms with Gasteiger partial charge in [0.15, 0.2) is 0 Å². The fraction of sp³-hybridized carbons (Fsp3) is 0.647. The summed E-state index contributed by atoms with van der Waals surface area (Å²) in [7, 11) is 2.25. The molecule has 112 valence electrons. The first-order chi connectivity index (χ1) is 9.68. The quantitative estimate of drug-likeness (QED) is 0.816. The summed E-state index contributed by atoms with van der Waals surface area (Å²) in [5.74, 6) is 0. The van der Waals surface area contributed by atoms with Gasteiger partial charge in [0, 0.05) is 17.1 Å². The van der Waals surface area contributed by atoms with E-state index in [0.717, 1.165) is 29.6 Å². The molecule has 3 heteroatoms. The van der Waals surface area contributed by atoms with Crippen LogP contribution >= 0.6 is 11.6 Å². The Hall–Kier alpha value is -0.570. The van der Waals surface area contributed by atoms with Gasteiger partial charge in [-0.1, -0.05) is 55.5 Å². The van der Waals surface area contributed by atoms with Crippen molar-refractivity contribution >= 4 is 11.6 Å². The molecule has 1 aromatic rings. The number of rotatable bonds is 5. The van der Waals surface area contributed by atoms with Crippen LogP contribution in [0.2, 0.25) is 5.02 Å². The summed E-state index contributed by atoms with van der Waals surface area (Å²) >= 11 is 6.21. The summed E-state index contributed by atoms with van der Waals surface area (Å²) in [6.07, 6.45) is 9.23. The highest BCUT2D eigenvalue weighted by molar-refractivity contribution is 6.31. The molecular formula is C17H27ClN2. The molecule has 0 aliphatic heterocycles. The molecule has 0 bridgehead atoms. The van der Waals surface area contributed by atoms with Crippen LogP contribution in [0, 0.1) is 0 Å². The monoisotopic (exact) mass is 294 g/mol. The molecule has 0 heterocycles. The van der Waals surface area contributed by atoms with Crippen LogP contribution in [-0.4, -0.2) is 24.5 Å². The van der Waals surface area contributed by atoms with Gasteiger partial charge in [0.1, 0.15) is 0 Å². The van der Waals surface area contributed by atoms with Gasteiger partial charge < -0.3 is 10.6 Å². The van der Waals surface area contributed by atoms with Crippen LogP contribution in [0.15, 0.2) is 24.3 Å². The Morgan fingerprint density at radius 2 is 1.85 bits per heavy atom. The molecule has 20 heavy (non-hydrogen) atoms. The molecule has 0 saturated heterocycles. The van der Waals surface area contributed by atoms with Crippen molar-refractivity contribution in [3.63, 3.8) is 0 Å². The molecule has 2 N–H and O–H groups in total. The van der Waals surface area contributed by atoms with Gasteiger partial charge in [-0.3, -0.25) is 0 Å². The van der Waals surface area contributed by atoms with E-state index in [4.69, 9.17) is 17.3 Å². The van der Waals surface area contributed by atoms with Crippen molar-refractivity contribution in [2.75, 3.05) is 13.6 Å². The zero-order valence-electron chi connectivity index (χ0n) is 12.5. The second-order valence-corrected chi connectivity index (χ2v) is 6.45. The molecule has 1 atom stereocenters.